The number of rotatable bonds is 4. The molecule has 0 bridgehead atoms. The van der Waals surface area contributed by atoms with Gasteiger partial charge in [0.25, 0.3) is 0 Å². The lowest BCUT2D eigenvalue weighted by atomic mass is 10.1. The molecule has 2 aromatic rings. The predicted octanol–water partition coefficient (Wildman–Crippen LogP) is 3.35. The number of nitrogen functional groups attached to an aromatic ring is 1. The summed E-state index contributed by atoms with van der Waals surface area (Å²) in [6, 6.07) is 12.4. The molecule has 0 heterocycles. The molecular formula is C15H16ClNO2S. The Morgan fingerprint density at radius 1 is 1.10 bits per heavy atom. The van der Waals surface area contributed by atoms with Gasteiger partial charge < -0.3 is 5.73 Å². The Bertz CT molecular complexity index is 726. The number of nitrogens with two attached hydrogens (primary N) is 1. The maximum atomic E-state index is 12.2. The van der Waals surface area contributed by atoms with Crippen molar-refractivity contribution in [3.05, 3.63) is 64.2 Å². The number of aryl methyl sites for hydroxylation is 1. The van der Waals surface area contributed by atoms with Crippen molar-refractivity contribution < 1.29 is 8.42 Å². The summed E-state index contributed by atoms with van der Waals surface area (Å²) in [5.74, 6) is -0.00902. The minimum Gasteiger partial charge on any atom is -0.398 e. The number of halogens is 1. The first-order chi connectivity index (χ1) is 9.37. The molecule has 2 aromatic carbocycles. The van der Waals surface area contributed by atoms with Crippen molar-refractivity contribution in [2.75, 3.05) is 5.73 Å². The maximum absolute atomic E-state index is 12.2. The number of benzene rings is 2. The zero-order valence-corrected chi connectivity index (χ0v) is 12.7. The summed E-state index contributed by atoms with van der Waals surface area (Å²) in [5, 5.41) is 0.435. The summed E-state index contributed by atoms with van der Waals surface area (Å²) in [5.41, 5.74) is 8.55. The van der Waals surface area contributed by atoms with E-state index in [1.165, 1.54) is 0 Å². The van der Waals surface area contributed by atoms with Crippen molar-refractivity contribution in [1.29, 1.82) is 0 Å². The average Bonchev–Trinajstić information content (AvgIpc) is 2.36. The zero-order valence-electron chi connectivity index (χ0n) is 11.1. The fraction of sp³-hybridized carbons (Fsp3) is 0.200. The van der Waals surface area contributed by atoms with Gasteiger partial charge in [-0.25, -0.2) is 8.42 Å². The summed E-state index contributed by atoms with van der Waals surface area (Å²) in [7, 11) is -3.24. The van der Waals surface area contributed by atoms with Crippen molar-refractivity contribution in [2.45, 2.75) is 18.4 Å². The van der Waals surface area contributed by atoms with Gasteiger partial charge in [0.2, 0.25) is 0 Å². The van der Waals surface area contributed by atoms with Crippen LogP contribution in [0.1, 0.15) is 16.7 Å². The SMILES string of the molecule is Cc1ccccc1CS(=O)(=O)Cc1ccc(Cl)c(N)c1. The second-order valence-electron chi connectivity index (χ2n) is 4.81. The molecule has 20 heavy (non-hydrogen) atoms. The molecule has 0 aromatic heterocycles. The lowest BCUT2D eigenvalue weighted by Gasteiger charge is -2.08. The average molecular weight is 310 g/mol. The maximum Gasteiger partial charge on any atom is 0.158 e. The highest BCUT2D eigenvalue weighted by atomic mass is 35.5. The summed E-state index contributed by atoms with van der Waals surface area (Å²) < 4.78 is 24.5. The lowest BCUT2D eigenvalue weighted by molar-refractivity contribution is 0.594. The molecule has 0 spiro atoms. The van der Waals surface area contributed by atoms with E-state index >= 15 is 0 Å². The standard InChI is InChI=1S/C15H16ClNO2S/c1-11-4-2-3-5-13(11)10-20(18,19)9-12-6-7-14(16)15(17)8-12/h2-8H,9-10,17H2,1H3. The van der Waals surface area contributed by atoms with E-state index in [4.69, 9.17) is 17.3 Å². The van der Waals surface area contributed by atoms with E-state index in [1.807, 2.05) is 31.2 Å². The van der Waals surface area contributed by atoms with Crippen LogP contribution < -0.4 is 5.73 Å². The van der Waals surface area contributed by atoms with Gasteiger partial charge in [-0.1, -0.05) is 41.9 Å². The minimum absolute atomic E-state index is 0.0300. The first-order valence-electron chi connectivity index (χ1n) is 6.16. The van der Waals surface area contributed by atoms with E-state index in [-0.39, 0.29) is 11.5 Å². The van der Waals surface area contributed by atoms with Gasteiger partial charge in [-0.2, -0.15) is 0 Å². The second-order valence-corrected chi connectivity index (χ2v) is 7.29. The zero-order chi connectivity index (χ0) is 14.8. The molecule has 106 valence electrons. The summed E-state index contributed by atoms with van der Waals surface area (Å²) in [4.78, 5) is 0. The third kappa shape index (κ3) is 3.74. The topological polar surface area (TPSA) is 60.2 Å². The van der Waals surface area contributed by atoms with Crippen LogP contribution in [0, 0.1) is 6.92 Å². The van der Waals surface area contributed by atoms with Crippen molar-refractivity contribution in [2.24, 2.45) is 0 Å². The van der Waals surface area contributed by atoms with Crippen LogP contribution in [0.25, 0.3) is 0 Å². The van der Waals surface area contributed by atoms with Crippen LogP contribution in [0.4, 0.5) is 5.69 Å². The predicted molar refractivity (Wildman–Crippen MR) is 83.4 cm³/mol. The molecule has 0 aliphatic rings. The molecule has 0 saturated heterocycles. The highest BCUT2D eigenvalue weighted by Crippen LogP contribution is 2.22. The molecular weight excluding hydrogens is 294 g/mol. The van der Waals surface area contributed by atoms with Gasteiger partial charge in [-0.05, 0) is 35.7 Å². The fourth-order valence-electron chi connectivity index (χ4n) is 2.00. The Balaban J connectivity index is 2.19. The molecule has 0 radical (unpaired) electrons. The smallest absolute Gasteiger partial charge is 0.158 e. The fourth-order valence-corrected chi connectivity index (χ4v) is 3.70. The quantitative estimate of drug-likeness (QED) is 0.881. The molecule has 0 unspecified atom stereocenters. The van der Waals surface area contributed by atoms with Crippen molar-refractivity contribution in [3.63, 3.8) is 0 Å². The Morgan fingerprint density at radius 2 is 1.80 bits per heavy atom. The van der Waals surface area contributed by atoms with Crippen LogP contribution in [-0.4, -0.2) is 8.42 Å². The molecule has 3 nitrogen and oxygen atoms in total. The van der Waals surface area contributed by atoms with E-state index in [9.17, 15) is 8.42 Å². The van der Waals surface area contributed by atoms with Crippen LogP contribution >= 0.6 is 11.6 Å². The first-order valence-corrected chi connectivity index (χ1v) is 8.36. The number of anilines is 1. The highest BCUT2D eigenvalue weighted by molar-refractivity contribution is 7.89. The molecule has 0 amide bonds. The van der Waals surface area contributed by atoms with Crippen LogP contribution in [0.5, 0.6) is 0 Å². The van der Waals surface area contributed by atoms with Gasteiger partial charge in [-0.15, -0.1) is 0 Å². The molecule has 0 aliphatic carbocycles. The monoisotopic (exact) mass is 309 g/mol. The summed E-state index contributed by atoms with van der Waals surface area (Å²) in [6.07, 6.45) is 0. The van der Waals surface area contributed by atoms with E-state index in [1.54, 1.807) is 18.2 Å². The van der Waals surface area contributed by atoms with Gasteiger partial charge in [0, 0.05) is 0 Å². The first kappa shape index (κ1) is 14.9. The lowest BCUT2D eigenvalue weighted by Crippen LogP contribution is -2.09. The van der Waals surface area contributed by atoms with E-state index in [2.05, 4.69) is 0 Å². The molecule has 2 rings (SSSR count). The van der Waals surface area contributed by atoms with Crippen molar-refractivity contribution in [3.8, 4) is 0 Å². The van der Waals surface area contributed by atoms with Crippen molar-refractivity contribution >= 4 is 27.1 Å². The molecule has 0 fully saturated rings. The van der Waals surface area contributed by atoms with E-state index in [0.29, 0.717) is 16.3 Å². The molecule has 0 atom stereocenters. The molecule has 5 heteroatoms. The van der Waals surface area contributed by atoms with Crippen LogP contribution in [0.3, 0.4) is 0 Å². The Labute approximate surface area is 124 Å². The Hall–Kier alpha value is -1.52. The third-order valence-corrected chi connectivity index (χ3v) is 4.95. The Morgan fingerprint density at radius 3 is 2.45 bits per heavy atom. The minimum atomic E-state index is -3.24. The van der Waals surface area contributed by atoms with Gasteiger partial charge in [0.1, 0.15) is 0 Å². The van der Waals surface area contributed by atoms with Crippen LogP contribution in [-0.2, 0) is 21.3 Å². The van der Waals surface area contributed by atoms with Crippen LogP contribution in [0.2, 0.25) is 5.02 Å². The number of hydrogen-bond acceptors (Lipinski definition) is 3. The van der Waals surface area contributed by atoms with Gasteiger partial charge in [0.05, 0.1) is 22.2 Å². The normalized spacial score (nSPS) is 11.5. The van der Waals surface area contributed by atoms with Gasteiger partial charge in [-0.3, -0.25) is 0 Å². The molecule has 2 N–H and O–H groups in total. The van der Waals surface area contributed by atoms with E-state index in [0.717, 1.165) is 11.1 Å². The Kier molecular flexibility index (Phi) is 4.35. The largest absolute Gasteiger partial charge is 0.398 e. The highest BCUT2D eigenvalue weighted by Gasteiger charge is 2.15. The summed E-state index contributed by atoms with van der Waals surface area (Å²) in [6.45, 7) is 1.91. The van der Waals surface area contributed by atoms with Crippen molar-refractivity contribution in [1.82, 2.24) is 0 Å². The molecule has 0 saturated carbocycles. The second kappa shape index (κ2) is 5.85. The number of hydrogen-bond donors (Lipinski definition) is 1. The third-order valence-electron chi connectivity index (χ3n) is 3.08. The van der Waals surface area contributed by atoms with Crippen LogP contribution in [0.15, 0.2) is 42.5 Å². The molecule has 0 aliphatic heterocycles. The number of sulfone groups is 1. The van der Waals surface area contributed by atoms with Gasteiger partial charge in [0.15, 0.2) is 9.84 Å². The van der Waals surface area contributed by atoms with Gasteiger partial charge >= 0.3 is 0 Å². The summed E-state index contributed by atoms with van der Waals surface area (Å²) >= 11 is 5.83. The van der Waals surface area contributed by atoms with E-state index < -0.39 is 9.84 Å².